The van der Waals surface area contributed by atoms with Crippen LogP contribution >= 0.6 is 15.9 Å². The fourth-order valence-corrected chi connectivity index (χ4v) is 2.09. The zero-order valence-electron chi connectivity index (χ0n) is 8.65. The maximum absolute atomic E-state index is 12.7. The number of hydrogen-bond acceptors (Lipinski definition) is 1. The van der Waals surface area contributed by atoms with E-state index in [1.807, 2.05) is 0 Å². The monoisotopic (exact) mass is 295 g/mol. The molecule has 0 spiro atoms. The van der Waals surface area contributed by atoms with Crippen molar-refractivity contribution in [2.24, 2.45) is 5.73 Å². The zero-order valence-corrected chi connectivity index (χ0v) is 10.2. The van der Waals surface area contributed by atoms with Crippen molar-refractivity contribution in [3.63, 3.8) is 0 Å². The molecule has 1 aromatic rings. The van der Waals surface area contributed by atoms with E-state index in [2.05, 4.69) is 15.9 Å². The van der Waals surface area contributed by atoms with Crippen LogP contribution in [-0.4, -0.2) is 6.54 Å². The molecule has 2 N–H and O–H groups in total. The molecule has 90 valence electrons. The van der Waals surface area contributed by atoms with E-state index in [0.29, 0.717) is 29.4 Å². The first-order valence-corrected chi connectivity index (χ1v) is 5.80. The van der Waals surface area contributed by atoms with Crippen molar-refractivity contribution >= 4 is 15.9 Å². The second kappa shape index (κ2) is 5.68. The van der Waals surface area contributed by atoms with Gasteiger partial charge in [0, 0.05) is 4.47 Å². The average molecular weight is 296 g/mol. The van der Waals surface area contributed by atoms with Gasteiger partial charge in [-0.15, -0.1) is 0 Å². The Labute approximate surface area is 101 Å². The highest BCUT2D eigenvalue weighted by Gasteiger charge is 2.33. The van der Waals surface area contributed by atoms with Gasteiger partial charge in [-0.3, -0.25) is 0 Å². The van der Waals surface area contributed by atoms with E-state index in [9.17, 15) is 13.2 Å². The fourth-order valence-electron chi connectivity index (χ4n) is 1.52. The van der Waals surface area contributed by atoms with Crippen LogP contribution in [-0.2, 0) is 12.6 Å². The quantitative estimate of drug-likeness (QED) is 0.841. The normalized spacial score (nSPS) is 11.8. The number of halogens is 4. The Bertz CT molecular complexity index is 350. The summed E-state index contributed by atoms with van der Waals surface area (Å²) >= 11 is 3.16. The molecule has 0 saturated carbocycles. The lowest BCUT2D eigenvalue weighted by atomic mass is 10.0. The Morgan fingerprint density at radius 2 is 1.88 bits per heavy atom. The maximum atomic E-state index is 12.7. The largest absolute Gasteiger partial charge is 0.416 e. The van der Waals surface area contributed by atoms with Crippen LogP contribution < -0.4 is 5.73 Å². The van der Waals surface area contributed by atoms with Crippen LogP contribution in [0.25, 0.3) is 0 Å². The van der Waals surface area contributed by atoms with Crippen LogP contribution in [0.15, 0.2) is 22.7 Å². The van der Waals surface area contributed by atoms with Crippen molar-refractivity contribution < 1.29 is 13.2 Å². The van der Waals surface area contributed by atoms with Crippen LogP contribution in [0.1, 0.15) is 24.0 Å². The minimum atomic E-state index is -4.29. The summed E-state index contributed by atoms with van der Waals surface area (Å²) in [5.74, 6) is 0. The molecule has 0 aliphatic rings. The molecule has 0 aromatic heterocycles. The summed E-state index contributed by atoms with van der Waals surface area (Å²) in [6.07, 6.45) is -2.49. The summed E-state index contributed by atoms with van der Waals surface area (Å²) in [4.78, 5) is 0. The summed E-state index contributed by atoms with van der Waals surface area (Å²) in [6.45, 7) is 0.506. The van der Waals surface area contributed by atoms with Crippen LogP contribution in [0.3, 0.4) is 0 Å². The summed E-state index contributed by atoms with van der Waals surface area (Å²) in [5.41, 5.74) is 5.09. The Hall–Kier alpha value is -0.550. The smallest absolute Gasteiger partial charge is 0.330 e. The predicted octanol–water partition coefficient (Wildman–Crippen LogP) is 3.75. The van der Waals surface area contributed by atoms with E-state index < -0.39 is 11.7 Å². The first-order valence-electron chi connectivity index (χ1n) is 5.01. The molecule has 16 heavy (non-hydrogen) atoms. The van der Waals surface area contributed by atoms with Crippen LogP contribution in [0, 0.1) is 0 Å². The van der Waals surface area contributed by atoms with Gasteiger partial charge in [0.05, 0.1) is 5.56 Å². The molecule has 0 atom stereocenters. The number of benzene rings is 1. The zero-order chi connectivity index (χ0) is 12.2. The molecule has 5 heteroatoms. The highest BCUT2D eigenvalue weighted by Crippen LogP contribution is 2.35. The van der Waals surface area contributed by atoms with Gasteiger partial charge in [-0.25, -0.2) is 0 Å². The predicted molar refractivity (Wildman–Crippen MR) is 61.1 cm³/mol. The molecule has 0 fully saturated rings. The van der Waals surface area contributed by atoms with Gasteiger partial charge in [-0.2, -0.15) is 13.2 Å². The Balaban J connectivity index is 2.95. The third kappa shape index (κ3) is 3.49. The minimum Gasteiger partial charge on any atom is -0.330 e. The first-order chi connectivity index (χ1) is 7.46. The lowest BCUT2D eigenvalue weighted by molar-refractivity contribution is -0.138. The van der Waals surface area contributed by atoms with Gasteiger partial charge >= 0.3 is 6.18 Å². The van der Waals surface area contributed by atoms with Gasteiger partial charge in [-0.05, 0) is 43.5 Å². The lowest BCUT2D eigenvalue weighted by Gasteiger charge is -2.14. The SMILES string of the molecule is NCCCCc1c(Br)cccc1C(F)(F)F. The van der Waals surface area contributed by atoms with E-state index in [-0.39, 0.29) is 0 Å². The molecule has 0 amide bonds. The summed E-state index contributed by atoms with van der Waals surface area (Å²) in [6, 6.07) is 4.15. The molecule has 0 heterocycles. The third-order valence-corrected chi connectivity index (χ3v) is 3.05. The Morgan fingerprint density at radius 1 is 1.19 bits per heavy atom. The number of hydrogen-bond donors (Lipinski definition) is 1. The van der Waals surface area contributed by atoms with E-state index in [4.69, 9.17) is 5.73 Å². The third-order valence-electron chi connectivity index (χ3n) is 2.31. The van der Waals surface area contributed by atoms with Gasteiger partial charge in [0.1, 0.15) is 0 Å². The molecule has 0 unspecified atom stereocenters. The van der Waals surface area contributed by atoms with Crippen LogP contribution in [0.5, 0.6) is 0 Å². The number of alkyl halides is 3. The van der Waals surface area contributed by atoms with Crippen molar-refractivity contribution in [2.75, 3.05) is 6.54 Å². The van der Waals surface area contributed by atoms with Crippen molar-refractivity contribution in [2.45, 2.75) is 25.4 Å². The topological polar surface area (TPSA) is 26.0 Å². The molecule has 1 aromatic carbocycles. The van der Waals surface area contributed by atoms with Gasteiger partial charge in [0.15, 0.2) is 0 Å². The molecule has 1 nitrogen and oxygen atoms in total. The van der Waals surface area contributed by atoms with Gasteiger partial charge < -0.3 is 5.73 Å². The van der Waals surface area contributed by atoms with Gasteiger partial charge in [0.2, 0.25) is 0 Å². The van der Waals surface area contributed by atoms with E-state index >= 15 is 0 Å². The summed E-state index contributed by atoms with van der Waals surface area (Å²) in [5, 5.41) is 0. The highest BCUT2D eigenvalue weighted by atomic mass is 79.9. The fraction of sp³-hybridized carbons (Fsp3) is 0.455. The average Bonchev–Trinajstić information content (AvgIpc) is 2.19. The Morgan fingerprint density at radius 3 is 2.44 bits per heavy atom. The maximum Gasteiger partial charge on any atom is 0.416 e. The lowest BCUT2D eigenvalue weighted by Crippen LogP contribution is -2.10. The van der Waals surface area contributed by atoms with E-state index in [1.165, 1.54) is 6.07 Å². The van der Waals surface area contributed by atoms with Gasteiger partial charge in [0.25, 0.3) is 0 Å². The first kappa shape index (κ1) is 13.5. The molecular weight excluding hydrogens is 283 g/mol. The van der Waals surface area contributed by atoms with Crippen molar-refractivity contribution in [1.82, 2.24) is 0 Å². The minimum absolute atomic E-state index is 0.323. The molecular formula is C11H13BrF3N. The van der Waals surface area contributed by atoms with Crippen LogP contribution in [0.2, 0.25) is 0 Å². The van der Waals surface area contributed by atoms with Crippen molar-refractivity contribution in [3.8, 4) is 0 Å². The number of nitrogens with two attached hydrogens (primary N) is 1. The van der Waals surface area contributed by atoms with E-state index in [1.54, 1.807) is 6.07 Å². The van der Waals surface area contributed by atoms with Crippen LogP contribution in [0.4, 0.5) is 13.2 Å². The summed E-state index contributed by atoms with van der Waals surface area (Å²) < 4.78 is 38.6. The number of rotatable bonds is 4. The molecule has 0 aliphatic heterocycles. The molecule has 1 rings (SSSR count). The van der Waals surface area contributed by atoms with Crippen molar-refractivity contribution in [1.29, 1.82) is 0 Å². The molecule has 0 aliphatic carbocycles. The second-order valence-corrected chi connectivity index (χ2v) is 4.36. The highest BCUT2D eigenvalue weighted by molar-refractivity contribution is 9.10. The standard InChI is InChI=1S/C11H13BrF3N/c12-10-6-3-5-9(11(13,14)15)8(10)4-1-2-7-16/h3,5-6H,1-2,4,7,16H2. The van der Waals surface area contributed by atoms with Crippen molar-refractivity contribution in [3.05, 3.63) is 33.8 Å². The summed E-state index contributed by atoms with van der Waals surface area (Å²) in [7, 11) is 0. The van der Waals surface area contributed by atoms with E-state index in [0.717, 1.165) is 12.5 Å². The number of unbranched alkanes of at least 4 members (excludes halogenated alkanes) is 1. The molecule has 0 saturated heterocycles. The second-order valence-electron chi connectivity index (χ2n) is 3.51. The molecule has 0 radical (unpaired) electrons. The molecule has 0 bridgehead atoms. The Kier molecular flexibility index (Phi) is 4.80. The van der Waals surface area contributed by atoms with Gasteiger partial charge in [-0.1, -0.05) is 22.0 Å².